The number of ether oxygens (including phenoxy) is 1. The van der Waals surface area contributed by atoms with Crippen LogP contribution < -0.4 is 5.32 Å². The molecule has 6 heteroatoms. The lowest BCUT2D eigenvalue weighted by Gasteiger charge is -2.05. The van der Waals surface area contributed by atoms with Crippen molar-refractivity contribution >= 4 is 40.0 Å². The third-order valence-electron chi connectivity index (χ3n) is 3.09. The second-order valence-electron chi connectivity index (χ2n) is 4.95. The van der Waals surface area contributed by atoms with Crippen molar-refractivity contribution in [2.24, 2.45) is 0 Å². The first-order chi connectivity index (χ1) is 11.0. The van der Waals surface area contributed by atoms with Crippen molar-refractivity contribution in [2.45, 2.75) is 25.7 Å². The van der Waals surface area contributed by atoms with Gasteiger partial charge in [0.2, 0.25) is 5.91 Å². The predicted octanol–water partition coefficient (Wildman–Crippen LogP) is 4.27. The number of rotatable bonds is 6. The Kier molecular flexibility index (Phi) is 6.24. The van der Waals surface area contributed by atoms with Crippen molar-refractivity contribution < 1.29 is 14.3 Å². The van der Waals surface area contributed by atoms with Crippen LogP contribution >= 0.6 is 23.1 Å². The van der Waals surface area contributed by atoms with E-state index in [0.717, 1.165) is 16.0 Å². The number of thioether (sulfide) groups is 1. The van der Waals surface area contributed by atoms with E-state index < -0.39 is 0 Å². The Bertz CT molecular complexity index is 710. The molecule has 2 aromatic rings. The highest BCUT2D eigenvalue weighted by Gasteiger charge is 2.16. The predicted molar refractivity (Wildman–Crippen MR) is 95.5 cm³/mol. The van der Waals surface area contributed by atoms with Gasteiger partial charge in [-0.15, -0.1) is 23.1 Å². The van der Waals surface area contributed by atoms with Gasteiger partial charge in [0, 0.05) is 4.90 Å². The topological polar surface area (TPSA) is 55.4 Å². The van der Waals surface area contributed by atoms with Crippen LogP contribution in [0.4, 0.5) is 5.00 Å². The monoisotopic (exact) mass is 349 g/mol. The van der Waals surface area contributed by atoms with Crippen molar-refractivity contribution in [1.82, 2.24) is 0 Å². The maximum Gasteiger partial charge on any atom is 0.348 e. The van der Waals surface area contributed by atoms with E-state index in [1.807, 2.05) is 38.1 Å². The van der Waals surface area contributed by atoms with E-state index in [0.29, 0.717) is 22.2 Å². The summed E-state index contributed by atoms with van der Waals surface area (Å²) in [6, 6.07) is 9.76. The summed E-state index contributed by atoms with van der Waals surface area (Å²) in [5.74, 6) is -0.101. The molecule has 1 heterocycles. The van der Waals surface area contributed by atoms with Gasteiger partial charge in [-0.25, -0.2) is 4.79 Å². The summed E-state index contributed by atoms with van der Waals surface area (Å²) in [5.41, 5.74) is 1.97. The normalized spacial score (nSPS) is 10.4. The molecule has 0 saturated heterocycles. The van der Waals surface area contributed by atoms with Crippen molar-refractivity contribution in [1.29, 1.82) is 0 Å². The van der Waals surface area contributed by atoms with Crippen molar-refractivity contribution in [2.75, 3.05) is 17.7 Å². The Hall–Kier alpha value is -1.79. The fraction of sp³-hybridized carbons (Fsp3) is 0.294. The second kappa shape index (κ2) is 8.17. The van der Waals surface area contributed by atoms with Gasteiger partial charge in [-0.05, 0) is 44.0 Å². The van der Waals surface area contributed by atoms with Crippen molar-refractivity contribution in [3.05, 3.63) is 46.3 Å². The number of hydrogen-bond acceptors (Lipinski definition) is 5. The first-order valence-electron chi connectivity index (χ1n) is 7.27. The van der Waals surface area contributed by atoms with Crippen LogP contribution in [0.25, 0.3) is 0 Å². The number of nitrogens with one attached hydrogen (secondary N) is 1. The highest BCUT2D eigenvalue weighted by Crippen LogP contribution is 2.28. The number of thiophene rings is 1. The van der Waals surface area contributed by atoms with Gasteiger partial charge < -0.3 is 10.1 Å². The summed E-state index contributed by atoms with van der Waals surface area (Å²) in [4.78, 5) is 25.5. The molecule has 1 aromatic carbocycles. The lowest BCUT2D eigenvalue weighted by Crippen LogP contribution is -2.13. The van der Waals surface area contributed by atoms with E-state index in [1.165, 1.54) is 23.1 Å². The molecule has 0 aliphatic rings. The maximum absolute atomic E-state index is 12.1. The maximum atomic E-state index is 12.1. The van der Waals surface area contributed by atoms with Crippen LogP contribution in [0, 0.1) is 13.8 Å². The molecule has 0 aliphatic carbocycles. The fourth-order valence-corrected chi connectivity index (χ4v) is 3.79. The molecule has 1 aromatic heterocycles. The molecule has 23 heavy (non-hydrogen) atoms. The van der Waals surface area contributed by atoms with Crippen LogP contribution in [-0.4, -0.2) is 24.2 Å². The van der Waals surface area contributed by atoms with E-state index in [1.54, 1.807) is 13.0 Å². The van der Waals surface area contributed by atoms with Crippen LogP contribution in [0.15, 0.2) is 35.2 Å². The first-order valence-corrected chi connectivity index (χ1v) is 9.07. The van der Waals surface area contributed by atoms with Crippen molar-refractivity contribution in [3.8, 4) is 0 Å². The van der Waals surface area contributed by atoms with Crippen molar-refractivity contribution in [3.63, 3.8) is 0 Å². The Balaban J connectivity index is 1.94. The Labute approximate surface area is 144 Å². The highest BCUT2D eigenvalue weighted by atomic mass is 32.2. The Morgan fingerprint density at radius 1 is 1.22 bits per heavy atom. The number of aryl methyl sites for hydroxylation is 2. The molecule has 0 bridgehead atoms. The zero-order valence-corrected chi connectivity index (χ0v) is 15.0. The molecule has 0 fully saturated rings. The molecule has 0 saturated carbocycles. The minimum absolute atomic E-state index is 0.0880. The van der Waals surface area contributed by atoms with E-state index >= 15 is 0 Å². The molecular weight excluding hydrogens is 330 g/mol. The SMILES string of the molecule is CCOC(=O)c1sc(NC(=O)CSc2ccccc2C)cc1C. The van der Waals surface area contributed by atoms with Gasteiger partial charge in [0.25, 0.3) is 0 Å². The molecule has 0 spiro atoms. The lowest BCUT2D eigenvalue weighted by atomic mass is 10.2. The molecule has 1 amide bonds. The van der Waals surface area contributed by atoms with E-state index in [4.69, 9.17) is 4.74 Å². The standard InChI is InChI=1S/C17H19NO3S2/c1-4-21-17(20)16-12(3)9-15(23-16)18-14(19)10-22-13-8-6-5-7-11(13)2/h5-9H,4,10H2,1-3H3,(H,18,19). The van der Waals surface area contributed by atoms with E-state index in [2.05, 4.69) is 5.32 Å². The lowest BCUT2D eigenvalue weighted by molar-refractivity contribution is -0.113. The number of amides is 1. The Morgan fingerprint density at radius 2 is 1.96 bits per heavy atom. The molecule has 0 atom stereocenters. The van der Waals surface area contributed by atoms with Gasteiger partial charge in [0.05, 0.1) is 17.4 Å². The quantitative estimate of drug-likeness (QED) is 0.625. The summed E-state index contributed by atoms with van der Waals surface area (Å²) in [6.45, 7) is 5.96. The fourth-order valence-electron chi connectivity index (χ4n) is 1.98. The average molecular weight is 349 g/mol. The molecule has 122 valence electrons. The summed E-state index contributed by atoms with van der Waals surface area (Å²) < 4.78 is 5.00. The van der Waals surface area contributed by atoms with Crippen LogP contribution in [-0.2, 0) is 9.53 Å². The first kappa shape index (κ1) is 17.6. The van der Waals surface area contributed by atoms with E-state index in [9.17, 15) is 9.59 Å². The number of benzene rings is 1. The van der Waals surface area contributed by atoms with Gasteiger partial charge >= 0.3 is 5.97 Å². The molecule has 0 unspecified atom stereocenters. The third kappa shape index (κ3) is 4.84. The van der Waals surface area contributed by atoms with Crippen LogP contribution in [0.1, 0.15) is 27.7 Å². The minimum atomic E-state index is -0.343. The highest BCUT2D eigenvalue weighted by molar-refractivity contribution is 8.00. The van der Waals surface area contributed by atoms with Gasteiger partial charge in [0.1, 0.15) is 4.88 Å². The summed E-state index contributed by atoms with van der Waals surface area (Å²) in [6.07, 6.45) is 0. The average Bonchev–Trinajstić information content (AvgIpc) is 2.87. The zero-order valence-electron chi connectivity index (χ0n) is 13.3. The van der Waals surface area contributed by atoms with Crippen LogP contribution in [0.3, 0.4) is 0 Å². The molecule has 4 nitrogen and oxygen atoms in total. The minimum Gasteiger partial charge on any atom is -0.462 e. The smallest absolute Gasteiger partial charge is 0.348 e. The molecule has 2 rings (SSSR count). The number of esters is 1. The summed E-state index contributed by atoms with van der Waals surface area (Å²) in [5, 5.41) is 3.51. The zero-order chi connectivity index (χ0) is 16.8. The summed E-state index contributed by atoms with van der Waals surface area (Å²) >= 11 is 2.75. The van der Waals surface area contributed by atoms with Gasteiger partial charge in [0.15, 0.2) is 0 Å². The molecule has 1 N–H and O–H groups in total. The second-order valence-corrected chi connectivity index (χ2v) is 7.01. The number of carbonyl (C=O) groups excluding carboxylic acids is 2. The van der Waals surface area contributed by atoms with Crippen LogP contribution in [0.2, 0.25) is 0 Å². The van der Waals surface area contributed by atoms with Gasteiger partial charge in [-0.2, -0.15) is 0 Å². The Morgan fingerprint density at radius 3 is 2.65 bits per heavy atom. The number of carbonyl (C=O) groups is 2. The van der Waals surface area contributed by atoms with Gasteiger partial charge in [-0.3, -0.25) is 4.79 Å². The van der Waals surface area contributed by atoms with E-state index in [-0.39, 0.29) is 11.9 Å². The molecular formula is C17H19NO3S2. The molecule has 0 radical (unpaired) electrons. The molecule has 0 aliphatic heterocycles. The summed E-state index contributed by atoms with van der Waals surface area (Å²) in [7, 11) is 0. The largest absolute Gasteiger partial charge is 0.462 e. The van der Waals surface area contributed by atoms with Gasteiger partial charge in [-0.1, -0.05) is 18.2 Å². The number of anilines is 1. The third-order valence-corrected chi connectivity index (χ3v) is 5.40. The van der Waals surface area contributed by atoms with Crippen LogP contribution in [0.5, 0.6) is 0 Å². The number of hydrogen-bond donors (Lipinski definition) is 1.